The van der Waals surface area contributed by atoms with Gasteiger partial charge in [-0.05, 0) is 30.2 Å². The molecule has 0 aromatic heterocycles. The second-order valence-corrected chi connectivity index (χ2v) is 7.75. The first-order valence-electron chi connectivity index (χ1n) is 11.4. The third-order valence-electron chi connectivity index (χ3n) is 5.16. The van der Waals surface area contributed by atoms with E-state index in [2.05, 4.69) is 46.7 Å². The summed E-state index contributed by atoms with van der Waals surface area (Å²) in [6.45, 7) is 9.43. The number of nitrogens with zero attached hydrogens (tertiary/aromatic N) is 2. The molecule has 1 aliphatic heterocycles. The van der Waals surface area contributed by atoms with Gasteiger partial charge in [-0.1, -0.05) is 30.3 Å². The predicted molar refractivity (Wildman–Crippen MR) is 145 cm³/mol. The summed E-state index contributed by atoms with van der Waals surface area (Å²) >= 11 is 0. The number of anilines is 1. The molecule has 1 saturated heterocycles. The molecule has 1 aliphatic rings. The van der Waals surface area contributed by atoms with Gasteiger partial charge in [-0.2, -0.15) is 0 Å². The van der Waals surface area contributed by atoms with Crippen LogP contribution in [-0.4, -0.2) is 64.0 Å². The first-order chi connectivity index (χ1) is 15.8. The van der Waals surface area contributed by atoms with E-state index in [4.69, 9.17) is 19.2 Å². The van der Waals surface area contributed by atoms with Crippen LogP contribution >= 0.6 is 24.0 Å². The van der Waals surface area contributed by atoms with Crippen molar-refractivity contribution in [2.45, 2.75) is 26.4 Å². The van der Waals surface area contributed by atoms with Crippen molar-refractivity contribution in [3.8, 4) is 5.75 Å². The third-order valence-corrected chi connectivity index (χ3v) is 5.16. The van der Waals surface area contributed by atoms with E-state index in [0.29, 0.717) is 19.8 Å². The van der Waals surface area contributed by atoms with Crippen LogP contribution in [0.5, 0.6) is 5.75 Å². The fourth-order valence-electron chi connectivity index (χ4n) is 3.44. The molecule has 182 valence electrons. The zero-order chi connectivity index (χ0) is 22.4. The Morgan fingerprint density at radius 2 is 1.82 bits per heavy atom. The number of benzene rings is 2. The molecule has 0 bridgehead atoms. The zero-order valence-corrected chi connectivity index (χ0v) is 22.0. The highest BCUT2D eigenvalue weighted by molar-refractivity contribution is 14.0. The molecule has 2 aromatic rings. The lowest BCUT2D eigenvalue weighted by Crippen LogP contribution is -2.35. The van der Waals surface area contributed by atoms with Crippen LogP contribution in [0.3, 0.4) is 0 Å². The standard InChI is InChI=1S/C25H36N4O3.HI/c1-3-26-25(28-23-6-4-7-24(18-23)32-15-5-14-30-2)27-19-21-8-10-22(11-9-21)20-29-12-16-31-17-13-29;/h4,6-11,18H,3,5,12-17,19-20H2,1-2H3,(H2,26,27,28);1H. The molecule has 0 atom stereocenters. The average molecular weight is 569 g/mol. The van der Waals surface area contributed by atoms with Crippen LogP contribution in [0.2, 0.25) is 0 Å². The highest BCUT2D eigenvalue weighted by Gasteiger charge is 2.10. The van der Waals surface area contributed by atoms with Crippen LogP contribution < -0.4 is 15.4 Å². The van der Waals surface area contributed by atoms with Gasteiger partial charge in [-0.3, -0.25) is 4.90 Å². The fraction of sp³-hybridized carbons (Fsp3) is 0.480. The molecule has 0 unspecified atom stereocenters. The lowest BCUT2D eigenvalue weighted by Gasteiger charge is -2.26. The molecule has 0 aliphatic carbocycles. The third kappa shape index (κ3) is 10.3. The summed E-state index contributed by atoms with van der Waals surface area (Å²) in [5.74, 6) is 1.58. The highest BCUT2D eigenvalue weighted by atomic mass is 127. The summed E-state index contributed by atoms with van der Waals surface area (Å²) in [5.41, 5.74) is 3.45. The number of rotatable bonds is 11. The lowest BCUT2D eigenvalue weighted by molar-refractivity contribution is 0.0342. The molecule has 0 amide bonds. The van der Waals surface area contributed by atoms with Gasteiger partial charge in [0.15, 0.2) is 5.96 Å². The van der Waals surface area contributed by atoms with Gasteiger partial charge in [0.2, 0.25) is 0 Å². The Balaban J connectivity index is 0.00000385. The Labute approximate surface area is 214 Å². The Hall–Kier alpha value is -1.88. The van der Waals surface area contributed by atoms with Crippen molar-refractivity contribution in [3.63, 3.8) is 0 Å². The molecule has 8 heteroatoms. The summed E-state index contributed by atoms with van der Waals surface area (Å²) in [4.78, 5) is 7.18. The van der Waals surface area contributed by atoms with E-state index in [1.54, 1.807) is 7.11 Å². The molecule has 0 spiro atoms. The van der Waals surface area contributed by atoms with Crippen molar-refractivity contribution in [3.05, 3.63) is 59.7 Å². The normalized spacial score (nSPS) is 14.4. The van der Waals surface area contributed by atoms with Crippen LogP contribution in [0.25, 0.3) is 0 Å². The van der Waals surface area contributed by atoms with Crippen LogP contribution in [0.15, 0.2) is 53.5 Å². The maximum absolute atomic E-state index is 5.79. The van der Waals surface area contributed by atoms with Crippen LogP contribution in [0.4, 0.5) is 5.69 Å². The summed E-state index contributed by atoms with van der Waals surface area (Å²) in [6, 6.07) is 16.7. The Bertz CT molecular complexity index is 827. The number of hydrogen-bond acceptors (Lipinski definition) is 5. The van der Waals surface area contributed by atoms with Crippen molar-refractivity contribution in [2.24, 2.45) is 4.99 Å². The molecule has 2 N–H and O–H groups in total. The van der Waals surface area contributed by atoms with E-state index in [1.807, 2.05) is 24.3 Å². The first-order valence-corrected chi connectivity index (χ1v) is 11.4. The number of ether oxygens (including phenoxy) is 3. The number of methoxy groups -OCH3 is 1. The second-order valence-electron chi connectivity index (χ2n) is 7.75. The van der Waals surface area contributed by atoms with Gasteiger partial charge in [0, 0.05) is 58.1 Å². The van der Waals surface area contributed by atoms with Crippen molar-refractivity contribution < 1.29 is 14.2 Å². The summed E-state index contributed by atoms with van der Waals surface area (Å²) in [7, 11) is 1.70. The van der Waals surface area contributed by atoms with Crippen LogP contribution in [-0.2, 0) is 22.6 Å². The molecule has 33 heavy (non-hydrogen) atoms. The topological polar surface area (TPSA) is 67.4 Å². The van der Waals surface area contributed by atoms with Crippen molar-refractivity contribution in [1.82, 2.24) is 10.2 Å². The quantitative estimate of drug-likeness (QED) is 0.184. The van der Waals surface area contributed by atoms with E-state index in [9.17, 15) is 0 Å². The smallest absolute Gasteiger partial charge is 0.196 e. The molecular weight excluding hydrogens is 531 g/mol. The molecule has 2 aromatic carbocycles. The summed E-state index contributed by atoms with van der Waals surface area (Å²) in [6.07, 6.45) is 0.865. The van der Waals surface area contributed by atoms with Gasteiger partial charge in [-0.25, -0.2) is 4.99 Å². The van der Waals surface area contributed by atoms with Crippen molar-refractivity contribution >= 4 is 35.6 Å². The molecule has 1 heterocycles. The lowest BCUT2D eigenvalue weighted by atomic mass is 10.1. The van der Waals surface area contributed by atoms with Crippen LogP contribution in [0, 0.1) is 0 Å². The van der Waals surface area contributed by atoms with E-state index in [1.165, 1.54) is 11.1 Å². The summed E-state index contributed by atoms with van der Waals surface area (Å²) in [5, 5.41) is 6.68. The maximum Gasteiger partial charge on any atom is 0.196 e. The van der Waals surface area contributed by atoms with Crippen molar-refractivity contribution in [1.29, 1.82) is 0 Å². The number of hydrogen-bond donors (Lipinski definition) is 2. The number of nitrogens with one attached hydrogen (secondary N) is 2. The minimum absolute atomic E-state index is 0. The predicted octanol–water partition coefficient (Wildman–Crippen LogP) is 4.13. The molecular formula is C25H37IN4O3. The van der Waals surface area contributed by atoms with Gasteiger partial charge in [0.1, 0.15) is 5.75 Å². The highest BCUT2D eigenvalue weighted by Crippen LogP contribution is 2.18. The average Bonchev–Trinajstić information content (AvgIpc) is 2.82. The van der Waals surface area contributed by atoms with E-state index in [-0.39, 0.29) is 24.0 Å². The number of morpholine rings is 1. The molecule has 3 rings (SSSR count). The fourth-order valence-corrected chi connectivity index (χ4v) is 3.44. The zero-order valence-electron chi connectivity index (χ0n) is 19.7. The summed E-state index contributed by atoms with van der Waals surface area (Å²) < 4.78 is 16.3. The minimum Gasteiger partial charge on any atom is -0.493 e. The second kappa shape index (κ2) is 15.9. The van der Waals surface area contributed by atoms with Gasteiger partial charge < -0.3 is 24.8 Å². The Morgan fingerprint density at radius 1 is 1.06 bits per heavy atom. The van der Waals surface area contributed by atoms with Gasteiger partial charge in [0.05, 0.1) is 26.4 Å². The molecule has 0 saturated carbocycles. The van der Waals surface area contributed by atoms with Gasteiger partial charge in [-0.15, -0.1) is 24.0 Å². The van der Waals surface area contributed by atoms with E-state index < -0.39 is 0 Å². The maximum atomic E-state index is 5.79. The SMILES string of the molecule is CCNC(=NCc1ccc(CN2CCOCC2)cc1)Nc1cccc(OCCCOC)c1.I. The van der Waals surface area contributed by atoms with Crippen LogP contribution in [0.1, 0.15) is 24.5 Å². The van der Waals surface area contributed by atoms with Crippen molar-refractivity contribution in [2.75, 3.05) is 58.5 Å². The van der Waals surface area contributed by atoms with Gasteiger partial charge in [0.25, 0.3) is 0 Å². The molecule has 1 fully saturated rings. The number of guanidine groups is 1. The van der Waals surface area contributed by atoms with E-state index in [0.717, 1.165) is 63.2 Å². The largest absolute Gasteiger partial charge is 0.493 e. The van der Waals surface area contributed by atoms with E-state index >= 15 is 0 Å². The Kier molecular flexibility index (Phi) is 13.2. The molecule has 7 nitrogen and oxygen atoms in total. The minimum atomic E-state index is 0. The number of aliphatic imine (C=N–C) groups is 1. The monoisotopic (exact) mass is 568 g/mol. The van der Waals surface area contributed by atoms with Gasteiger partial charge >= 0.3 is 0 Å². The number of halogens is 1. The molecule has 0 radical (unpaired) electrons. The first kappa shape index (κ1) is 27.4. The Morgan fingerprint density at radius 3 is 2.55 bits per heavy atom.